The molecule has 0 fully saturated rings. The summed E-state index contributed by atoms with van der Waals surface area (Å²) in [5, 5.41) is 2.92. The van der Waals surface area contributed by atoms with Gasteiger partial charge < -0.3 is 14.8 Å². The van der Waals surface area contributed by atoms with Gasteiger partial charge in [0, 0.05) is 11.3 Å². The minimum Gasteiger partial charge on any atom is -0.497 e. The van der Waals surface area contributed by atoms with Crippen LogP contribution in [-0.4, -0.2) is 20.1 Å². The van der Waals surface area contributed by atoms with E-state index in [1.54, 1.807) is 14.2 Å². The number of rotatable bonds is 5. The summed E-state index contributed by atoms with van der Waals surface area (Å²) in [6, 6.07) is 22.4. The molecule has 3 aromatic rings. The number of hydrogen-bond acceptors (Lipinski definition) is 3. The maximum Gasteiger partial charge on any atom is 0.256 e. The molecule has 0 radical (unpaired) electrons. The van der Waals surface area contributed by atoms with Gasteiger partial charge in [0.1, 0.15) is 11.5 Å². The van der Waals surface area contributed by atoms with Crippen LogP contribution in [0.4, 0.5) is 5.69 Å². The molecule has 3 aromatic carbocycles. The maximum absolute atomic E-state index is 12.7. The van der Waals surface area contributed by atoms with Gasteiger partial charge in [0.25, 0.3) is 5.91 Å². The molecule has 3 rings (SSSR count). The molecular formula is C21H19NO3. The number of anilines is 1. The Bertz CT molecular complexity index is 872. The Morgan fingerprint density at radius 3 is 2.24 bits per heavy atom. The van der Waals surface area contributed by atoms with Crippen molar-refractivity contribution in [2.45, 2.75) is 0 Å². The standard InChI is InChI=1S/C21H19NO3/c1-24-17-12-10-16(11-13-17)22-21(23)20-9-4-3-8-19(20)15-6-5-7-18(14-15)25-2/h3-14H,1-2H3,(H,22,23). The lowest BCUT2D eigenvalue weighted by Gasteiger charge is -2.11. The van der Waals surface area contributed by atoms with Crippen molar-refractivity contribution in [3.8, 4) is 22.6 Å². The number of methoxy groups -OCH3 is 2. The molecule has 0 spiro atoms. The molecule has 0 saturated heterocycles. The zero-order valence-corrected chi connectivity index (χ0v) is 14.2. The molecule has 0 atom stereocenters. The highest BCUT2D eigenvalue weighted by Gasteiger charge is 2.13. The first-order chi connectivity index (χ1) is 12.2. The normalized spacial score (nSPS) is 10.2. The fraction of sp³-hybridized carbons (Fsp3) is 0.0952. The molecule has 0 heterocycles. The van der Waals surface area contributed by atoms with Crippen molar-refractivity contribution in [3.63, 3.8) is 0 Å². The number of carbonyl (C=O) groups excluding carboxylic acids is 1. The van der Waals surface area contributed by atoms with Crippen LogP contribution in [0.3, 0.4) is 0 Å². The molecule has 0 aliphatic carbocycles. The smallest absolute Gasteiger partial charge is 0.256 e. The van der Waals surface area contributed by atoms with Gasteiger partial charge in [-0.2, -0.15) is 0 Å². The van der Waals surface area contributed by atoms with E-state index in [1.165, 1.54) is 0 Å². The van der Waals surface area contributed by atoms with Crippen LogP contribution in [-0.2, 0) is 0 Å². The third-order valence-electron chi connectivity index (χ3n) is 3.90. The summed E-state index contributed by atoms with van der Waals surface area (Å²) in [7, 11) is 3.24. The van der Waals surface area contributed by atoms with Gasteiger partial charge in [0.15, 0.2) is 0 Å². The molecule has 0 aliphatic rings. The second kappa shape index (κ2) is 7.53. The summed E-state index contributed by atoms with van der Waals surface area (Å²) in [4.78, 5) is 12.7. The molecule has 0 saturated carbocycles. The fourth-order valence-corrected chi connectivity index (χ4v) is 2.60. The molecule has 1 amide bonds. The van der Waals surface area contributed by atoms with Crippen molar-refractivity contribution in [1.29, 1.82) is 0 Å². The third kappa shape index (κ3) is 3.80. The quantitative estimate of drug-likeness (QED) is 0.741. The third-order valence-corrected chi connectivity index (χ3v) is 3.90. The van der Waals surface area contributed by atoms with Gasteiger partial charge >= 0.3 is 0 Å². The predicted molar refractivity (Wildman–Crippen MR) is 99.4 cm³/mol. The second-order valence-corrected chi connectivity index (χ2v) is 5.46. The first-order valence-electron chi connectivity index (χ1n) is 7.90. The van der Waals surface area contributed by atoms with Crippen LogP contribution in [0.2, 0.25) is 0 Å². The summed E-state index contributed by atoms with van der Waals surface area (Å²) in [6.07, 6.45) is 0. The second-order valence-electron chi connectivity index (χ2n) is 5.46. The molecular weight excluding hydrogens is 314 g/mol. The van der Waals surface area contributed by atoms with E-state index in [4.69, 9.17) is 9.47 Å². The number of ether oxygens (including phenoxy) is 2. The molecule has 0 unspecified atom stereocenters. The zero-order valence-electron chi connectivity index (χ0n) is 14.2. The van der Waals surface area contributed by atoms with Crippen LogP contribution in [0.5, 0.6) is 11.5 Å². The summed E-state index contributed by atoms with van der Waals surface area (Å²) < 4.78 is 10.4. The van der Waals surface area contributed by atoms with E-state index in [9.17, 15) is 4.79 Å². The average Bonchev–Trinajstić information content (AvgIpc) is 2.68. The number of hydrogen-bond donors (Lipinski definition) is 1. The van der Waals surface area contributed by atoms with Crippen molar-refractivity contribution in [3.05, 3.63) is 78.4 Å². The van der Waals surface area contributed by atoms with Crippen LogP contribution < -0.4 is 14.8 Å². The molecule has 1 N–H and O–H groups in total. The molecule has 4 nitrogen and oxygen atoms in total. The van der Waals surface area contributed by atoms with E-state index >= 15 is 0 Å². The van der Waals surface area contributed by atoms with Crippen LogP contribution in [0, 0.1) is 0 Å². The maximum atomic E-state index is 12.7. The Morgan fingerprint density at radius 2 is 1.52 bits per heavy atom. The van der Waals surface area contributed by atoms with E-state index < -0.39 is 0 Å². The highest BCUT2D eigenvalue weighted by atomic mass is 16.5. The summed E-state index contributed by atoms with van der Waals surface area (Å²) >= 11 is 0. The van der Waals surface area contributed by atoms with Crippen molar-refractivity contribution >= 4 is 11.6 Å². The molecule has 25 heavy (non-hydrogen) atoms. The highest BCUT2D eigenvalue weighted by molar-refractivity contribution is 6.08. The largest absolute Gasteiger partial charge is 0.497 e. The molecule has 0 aromatic heterocycles. The van der Waals surface area contributed by atoms with E-state index in [2.05, 4.69) is 5.32 Å². The van der Waals surface area contributed by atoms with Crippen LogP contribution in [0.25, 0.3) is 11.1 Å². The minimum atomic E-state index is -0.163. The lowest BCUT2D eigenvalue weighted by molar-refractivity contribution is 0.102. The highest BCUT2D eigenvalue weighted by Crippen LogP contribution is 2.27. The lowest BCUT2D eigenvalue weighted by Crippen LogP contribution is -2.13. The van der Waals surface area contributed by atoms with E-state index in [1.807, 2.05) is 72.8 Å². The first kappa shape index (κ1) is 16.6. The van der Waals surface area contributed by atoms with Gasteiger partial charge in [-0.25, -0.2) is 0 Å². The number of amides is 1. The summed E-state index contributed by atoms with van der Waals surface area (Å²) in [5.74, 6) is 1.33. The van der Waals surface area contributed by atoms with Gasteiger partial charge in [-0.15, -0.1) is 0 Å². The molecule has 0 bridgehead atoms. The molecule has 4 heteroatoms. The Labute approximate surface area is 147 Å². The predicted octanol–water partition coefficient (Wildman–Crippen LogP) is 4.62. The van der Waals surface area contributed by atoms with Crippen LogP contribution in [0.15, 0.2) is 72.8 Å². The monoisotopic (exact) mass is 333 g/mol. The van der Waals surface area contributed by atoms with Crippen molar-refractivity contribution in [2.75, 3.05) is 19.5 Å². The Kier molecular flexibility index (Phi) is 5.00. The Balaban J connectivity index is 1.90. The first-order valence-corrected chi connectivity index (χ1v) is 7.90. The minimum absolute atomic E-state index is 0.163. The molecule has 126 valence electrons. The topological polar surface area (TPSA) is 47.6 Å². The zero-order chi connectivity index (χ0) is 17.6. The van der Waals surface area contributed by atoms with Crippen LogP contribution in [0.1, 0.15) is 10.4 Å². The summed E-state index contributed by atoms with van der Waals surface area (Å²) in [5.41, 5.74) is 3.10. The molecule has 0 aliphatic heterocycles. The van der Waals surface area contributed by atoms with E-state index in [0.29, 0.717) is 11.3 Å². The van der Waals surface area contributed by atoms with Gasteiger partial charge in [0.05, 0.1) is 14.2 Å². The lowest BCUT2D eigenvalue weighted by atomic mass is 9.99. The van der Waals surface area contributed by atoms with Crippen molar-refractivity contribution in [2.24, 2.45) is 0 Å². The van der Waals surface area contributed by atoms with Crippen molar-refractivity contribution in [1.82, 2.24) is 0 Å². The number of nitrogens with one attached hydrogen (secondary N) is 1. The van der Waals surface area contributed by atoms with Crippen molar-refractivity contribution < 1.29 is 14.3 Å². The summed E-state index contributed by atoms with van der Waals surface area (Å²) in [6.45, 7) is 0. The van der Waals surface area contributed by atoms with Crippen LogP contribution >= 0.6 is 0 Å². The van der Waals surface area contributed by atoms with E-state index in [-0.39, 0.29) is 5.91 Å². The van der Waals surface area contributed by atoms with Gasteiger partial charge in [0.2, 0.25) is 0 Å². The Hall–Kier alpha value is -3.27. The number of benzene rings is 3. The van der Waals surface area contributed by atoms with Gasteiger partial charge in [-0.1, -0.05) is 30.3 Å². The average molecular weight is 333 g/mol. The van der Waals surface area contributed by atoms with Gasteiger partial charge in [-0.3, -0.25) is 4.79 Å². The Morgan fingerprint density at radius 1 is 0.800 bits per heavy atom. The number of carbonyl (C=O) groups is 1. The van der Waals surface area contributed by atoms with E-state index in [0.717, 1.165) is 22.6 Å². The SMILES string of the molecule is COc1ccc(NC(=O)c2ccccc2-c2cccc(OC)c2)cc1. The fourth-order valence-electron chi connectivity index (χ4n) is 2.60. The van der Waals surface area contributed by atoms with Gasteiger partial charge in [-0.05, 0) is 53.6 Å².